The predicted molar refractivity (Wildman–Crippen MR) is 67.9 cm³/mol. The lowest BCUT2D eigenvalue weighted by molar-refractivity contribution is 0.690. The molecule has 0 N–H and O–H groups in total. The zero-order chi connectivity index (χ0) is 9.97. The molecule has 0 heterocycles. The first kappa shape index (κ1) is 10.7. The Morgan fingerprint density at radius 1 is 1.21 bits per heavy atom. The molecular formula is C12H14Br2. The first-order valence-electron chi connectivity index (χ1n) is 5.12. The molecule has 1 atom stereocenters. The minimum absolute atomic E-state index is 0.663. The lowest BCUT2D eigenvalue weighted by Crippen LogP contribution is -2.03. The number of halogens is 2. The second-order valence-electron chi connectivity index (χ2n) is 4.11. The summed E-state index contributed by atoms with van der Waals surface area (Å²) >= 11 is 7.21. The number of hydrogen-bond acceptors (Lipinski definition) is 0. The van der Waals surface area contributed by atoms with E-state index in [2.05, 4.69) is 56.1 Å². The average Bonchev–Trinajstić information content (AvgIpc) is 2.93. The first-order valence-corrected chi connectivity index (χ1v) is 6.83. The summed E-state index contributed by atoms with van der Waals surface area (Å²) < 4.78 is 1.16. The fourth-order valence-corrected chi connectivity index (χ4v) is 2.84. The molecule has 1 aromatic rings. The highest BCUT2D eigenvalue weighted by atomic mass is 79.9. The van der Waals surface area contributed by atoms with E-state index in [1.807, 2.05) is 0 Å². The van der Waals surface area contributed by atoms with Gasteiger partial charge in [0.25, 0.3) is 0 Å². The first-order chi connectivity index (χ1) is 6.74. The summed E-state index contributed by atoms with van der Waals surface area (Å²) in [5.41, 5.74) is 1.43. The lowest BCUT2D eigenvalue weighted by atomic mass is 10.1. The maximum absolute atomic E-state index is 3.76. The van der Waals surface area contributed by atoms with Crippen LogP contribution in [0, 0.1) is 5.92 Å². The summed E-state index contributed by atoms with van der Waals surface area (Å²) in [5, 5.41) is 0. The number of rotatable bonds is 4. The standard InChI is InChI=1S/C12H14Br2/c13-11-5-3-10(4-6-11)8-12(14)7-9-1-2-9/h3-6,9,12H,1-2,7-8H2. The molecule has 2 rings (SSSR count). The topological polar surface area (TPSA) is 0 Å². The molecule has 1 unspecified atom stereocenters. The molecule has 14 heavy (non-hydrogen) atoms. The smallest absolute Gasteiger partial charge is 0.0188 e. The summed E-state index contributed by atoms with van der Waals surface area (Å²) in [6.07, 6.45) is 5.39. The molecule has 0 nitrogen and oxygen atoms in total. The van der Waals surface area contributed by atoms with Crippen molar-refractivity contribution in [3.63, 3.8) is 0 Å². The molecule has 1 saturated carbocycles. The van der Waals surface area contributed by atoms with E-state index in [4.69, 9.17) is 0 Å². The Balaban J connectivity index is 1.85. The van der Waals surface area contributed by atoms with Gasteiger partial charge in [-0.3, -0.25) is 0 Å². The molecule has 76 valence electrons. The van der Waals surface area contributed by atoms with Crippen molar-refractivity contribution in [3.8, 4) is 0 Å². The largest absolute Gasteiger partial charge is 0.0887 e. The van der Waals surface area contributed by atoms with Gasteiger partial charge in [-0.05, 0) is 36.5 Å². The van der Waals surface area contributed by atoms with Gasteiger partial charge in [-0.1, -0.05) is 56.8 Å². The van der Waals surface area contributed by atoms with Crippen LogP contribution in [0.5, 0.6) is 0 Å². The Morgan fingerprint density at radius 2 is 1.86 bits per heavy atom. The van der Waals surface area contributed by atoms with Crippen molar-refractivity contribution < 1.29 is 0 Å². The van der Waals surface area contributed by atoms with Crippen molar-refractivity contribution in [2.24, 2.45) is 5.92 Å². The van der Waals surface area contributed by atoms with Crippen LogP contribution in [0.3, 0.4) is 0 Å². The third-order valence-corrected chi connectivity index (χ3v) is 3.88. The van der Waals surface area contributed by atoms with E-state index in [1.165, 1.54) is 24.8 Å². The van der Waals surface area contributed by atoms with Crippen LogP contribution >= 0.6 is 31.9 Å². The Hall–Kier alpha value is 0.180. The second kappa shape index (κ2) is 4.80. The molecule has 1 aromatic carbocycles. The molecule has 1 aliphatic rings. The normalized spacial score (nSPS) is 18.1. The minimum atomic E-state index is 0.663. The fraction of sp³-hybridized carbons (Fsp3) is 0.500. The summed E-state index contributed by atoms with van der Waals surface area (Å²) in [4.78, 5) is 0.663. The van der Waals surface area contributed by atoms with Gasteiger partial charge < -0.3 is 0 Å². The lowest BCUT2D eigenvalue weighted by Gasteiger charge is -2.08. The van der Waals surface area contributed by atoms with E-state index in [1.54, 1.807) is 0 Å². The van der Waals surface area contributed by atoms with Gasteiger partial charge in [0.05, 0.1) is 0 Å². The third kappa shape index (κ3) is 3.39. The molecule has 0 radical (unpaired) electrons. The SMILES string of the molecule is Brc1ccc(CC(Br)CC2CC2)cc1. The van der Waals surface area contributed by atoms with Gasteiger partial charge in [0.15, 0.2) is 0 Å². The van der Waals surface area contributed by atoms with E-state index in [0.717, 1.165) is 16.8 Å². The van der Waals surface area contributed by atoms with E-state index in [0.29, 0.717) is 4.83 Å². The van der Waals surface area contributed by atoms with Crippen molar-refractivity contribution in [1.29, 1.82) is 0 Å². The Morgan fingerprint density at radius 3 is 2.43 bits per heavy atom. The number of alkyl halides is 1. The highest BCUT2D eigenvalue weighted by Gasteiger charge is 2.24. The van der Waals surface area contributed by atoms with Gasteiger partial charge in [-0.25, -0.2) is 0 Å². The molecule has 1 aliphatic carbocycles. The highest BCUT2D eigenvalue weighted by molar-refractivity contribution is 9.10. The Labute approximate surface area is 102 Å². The quantitative estimate of drug-likeness (QED) is 0.714. The van der Waals surface area contributed by atoms with Gasteiger partial charge >= 0.3 is 0 Å². The van der Waals surface area contributed by atoms with Crippen molar-refractivity contribution in [3.05, 3.63) is 34.3 Å². The zero-order valence-electron chi connectivity index (χ0n) is 8.05. The number of hydrogen-bond donors (Lipinski definition) is 0. The van der Waals surface area contributed by atoms with Crippen LogP contribution in [0.2, 0.25) is 0 Å². The van der Waals surface area contributed by atoms with Crippen molar-refractivity contribution in [2.75, 3.05) is 0 Å². The maximum Gasteiger partial charge on any atom is 0.0188 e. The van der Waals surface area contributed by atoms with Crippen LogP contribution in [-0.4, -0.2) is 4.83 Å². The maximum atomic E-state index is 3.76. The van der Waals surface area contributed by atoms with Crippen LogP contribution in [0.4, 0.5) is 0 Å². The van der Waals surface area contributed by atoms with Crippen LogP contribution in [-0.2, 0) is 6.42 Å². The molecule has 0 spiro atoms. The van der Waals surface area contributed by atoms with Crippen LogP contribution in [0.15, 0.2) is 28.7 Å². The Bertz CT molecular complexity index is 288. The van der Waals surface area contributed by atoms with Crippen molar-refractivity contribution in [2.45, 2.75) is 30.5 Å². The molecular weight excluding hydrogens is 304 g/mol. The van der Waals surface area contributed by atoms with Gasteiger partial charge in [0.1, 0.15) is 0 Å². The summed E-state index contributed by atoms with van der Waals surface area (Å²) in [7, 11) is 0. The molecule has 2 heteroatoms. The van der Waals surface area contributed by atoms with E-state index in [-0.39, 0.29) is 0 Å². The summed E-state index contributed by atoms with van der Waals surface area (Å²) in [6.45, 7) is 0. The Kier molecular flexibility index (Phi) is 3.67. The predicted octanol–water partition coefficient (Wildman–Crippen LogP) is 4.56. The molecule has 0 aromatic heterocycles. The van der Waals surface area contributed by atoms with Crippen molar-refractivity contribution >= 4 is 31.9 Å². The molecule has 0 bridgehead atoms. The average molecular weight is 318 g/mol. The van der Waals surface area contributed by atoms with Crippen molar-refractivity contribution in [1.82, 2.24) is 0 Å². The highest BCUT2D eigenvalue weighted by Crippen LogP contribution is 2.36. The molecule has 0 amide bonds. The van der Waals surface area contributed by atoms with Crippen LogP contribution in [0.1, 0.15) is 24.8 Å². The van der Waals surface area contributed by atoms with Crippen LogP contribution in [0.25, 0.3) is 0 Å². The molecule has 1 fully saturated rings. The van der Waals surface area contributed by atoms with E-state index < -0.39 is 0 Å². The summed E-state index contributed by atoms with van der Waals surface area (Å²) in [6, 6.07) is 8.63. The molecule has 0 aliphatic heterocycles. The second-order valence-corrected chi connectivity index (χ2v) is 6.32. The number of benzene rings is 1. The minimum Gasteiger partial charge on any atom is -0.0887 e. The van der Waals surface area contributed by atoms with Gasteiger partial charge in [0.2, 0.25) is 0 Å². The fourth-order valence-electron chi connectivity index (χ4n) is 1.67. The van der Waals surface area contributed by atoms with E-state index in [9.17, 15) is 0 Å². The molecule has 0 saturated heterocycles. The third-order valence-electron chi connectivity index (χ3n) is 2.66. The monoisotopic (exact) mass is 316 g/mol. The van der Waals surface area contributed by atoms with Gasteiger partial charge in [0, 0.05) is 9.30 Å². The summed E-state index contributed by atoms with van der Waals surface area (Å²) in [5.74, 6) is 1.01. The van der Waals surface area contributed by atoms with Gasteiger partial charge in [-0.2, -0.15) is 0 Å². The van der Waals surface area contributed by atoms with E-state index >= 15 is 0 Å². The van der Waals surface area contributed by atoms with Gasteiger partial charge in [-0.15, -0.1) is 0 Å². The zero-order valence-corrected chi connectivity index (χ0v) is 11.2. The van der Waals surface area contributed by atoms with Crippen LogP contribution < -0.4 is 0 Å².